The molecule has 160 valence electrons. The summed E-state index contributed by atoms with van der Waals surface area (Å²) in [5, 5.41) is 1.16. The van der Waals surface area contributed by atoms with Gasteiger partial charge in [-0.1, -0.05) is 36.4 Å². The predicted octanol–water partition coefficient (Wildman–Crippen LogP) is 3.51. The summed E-state index contributed by atoms with van der Waals surface area (Å²) >= 11 is 0. The van der Waals surface area contributed by atoms with E-state index in [1.54, 1.807) is 36.4 Å². The standard InChI is InChI=1S/C24H17FN2O5/c1-31-21-14-15(11-12-20(21)32-24(30)17-9-5-6-10-19(17)25)13-18-22(28)26-27(23(18)29)16-7-3-2-4-8-16/h2-14H,1H3,(H,26,28)/b18-13+. The fourth-order valence-electron chi connectivity index (χ4n) is 3.12. The topological polar surface area (TPSA) is 84.9 Å². The van der Waals surface area contributed by atoms with Crippen molar-refractivity contribution in [3.05, 3.63) is 95.3 Å². The lowest BCUT2D eigenvalue weighted by atomic mass is 10.1. The number of nitrogens with zero attached hydrogens (tertiary/aromatic N) is 1. The van der Waals surface area contributed by atoms with Crippen molar-refractivity contribution in [3.8, 4) is 11.5 Å². The fraction of sp³-hybridized carbons (Fsp3) is 0.0417. The van der Waals surface area contributed by atoms with Gasteiger partial charge in [-0.05, 0) is 48.0 Å². The quantitative estimate of drug-likeness (QED) is 0.289. The summed E-state index contributed by atoms with van der Waals surface area (Å²) in [7, 11) is 1.37. The number of methoxy groups -OCH3 is 1. The number of esters is 1. The highest BCUT2D eigenvalue weighted by atomic mass is 19.1. The number of hydrazine groups is 1. The Hall–Kier alpha value is -4.46. The van der Waals surface area contributed by atoms with Gasteiger partial charge in [0, 0.05) is 0 Å². The molecule has 3 aromatic carbocycles. The number of anilines is 1. The molecule has 1 N–H and O–H groups in total. The van der Waals surface area contributed by atoms with Crippen LogP contribution < -0.4 is 19.9 Å². The third kappa shape index (κ3) is 4.06. The first-order valence-electron chi connectivity index (χ1n) is 9.55. The summed E-state index contributed by atoms with van der Waals surface area (Å²) in [6.45, 7) is 0. The number of hydrogen-bond acceptors (Lipinski definition) is 5. The van der Waals surface area contributed by atoms with E-state index < -0.39 is 23.6 Å². The van der Waals surface area contributed by atoms with Crippen LogP contribution in [-0.4, -0.2) is 24.9 Å². The number of para-hydroxylation sites is 1. The number of halogens is 1. The first kappa shape index (κ1) is 20.8. The van der Waals surface area contributed by atoms with Crippen molar-refractivity contribution >= 4 is 29.5 Å². The van der Waals surface area contributed by atoms with E-state index in [0.29, 0.717) is 11.3 Å². The Morgan fingerprint density at radius 3 is 2.41 bits per heavy atom. The highest BCUT2D eigenvalue weighted by Gasteiger charge is 2.34. The van der Waals surface area contributed by atoms with E-state index in [1.807, 2.05) is 0 Å². The number of nitrogens with one attached hydrogen (secondary N) is 1. The van der Waals surface area contributed by atoms with Crippen LogP contribution in [0.2, 0.25) is 0 Å². The van der Waals surface area contributed by atoms with Crippen molar-refractivity contribution in [2.75, 3.05) is 12.1 Å². The van der Waals surface area contributed by atoms with Gasteiger partial charge in [0.25, 0.3) is 11.8 Å². The van der Waals surface area contributed by atoms with Crippen molar-refractivity contribution < 1.29 is 28.2 Å². The molecule has 32 heavy (non-hydrogen) atoms. The minimum absolute atomic E-state index is 0.0630. The third-order valence-corrected chi connectivity index (χ3v) is 4.70. The molecule has 1 fully saturated rings. The maximum Gasteiger partial charge on any atom is 0.346 e. The van der Waals surface area contributed by atoms with Gasteiger partial charge >= 0.3 is 5.97 Å². The molecule has 0 radical (unpaired) electrons. The summed E-state index contributed by atoms with van der Waals surface area (Å²) < 4.78 is 24.4. The molecular formula is C24H17FN2O5. The Labute approximate surface area is 182 Å². The molecule has 4 rings (SSSR count). The van der Waals surface area contributed by atoms with E-state index in [4.69, 9.17) is 9.47 Å². The summed E-state index contributed by atoms with van der Waals surface area (Å²) in [5.41, 5.74) is 3.25. The molecule has 1 aliphatic heterocycles. The molecule has 1 aliphatic rings. The second-order valence-electron chi connectivity index (χ2n) is 6.75. The Balaban J connectivity index is 1.58. The molecule has 0 spiro atoms. The van der Waals surface area contributed by atoms with Crippen molar-refractivity contribution in [2.24, 2.45) is 0 Å². The van der Waals surface area contributed by atoms with Crippen LogP contribution >= 0.6 is 0 Å². The SMILES string of the molecule is COc1cc(/C=C2\C(=O)NN(c3ccccc3)C2=O)ccc1OC(=O)c1ccccc1F. The van der Waals surface area contributed by atoms with E-state index in [2.05, 4.69) is 5.43 Å². The van der Waals surface area contributed by atoms with Crippen molar-refractivity contribution in [3.63, 3.8) is 0 Å². The van der Waals surface area contributed by atoms with Gasteiger partial charge in [0.05, 0.1) is 18.4 Å². The molecule has 0 aromatic heterocycles. The Bertz CT molecular complexity index is 1240. The molecule has 8 heteroatoms. The van der Waals surface area contributed by atoms with Gasteiger partial charge in [0.1, 0.15) is 11.4 Å². The number of hydrogen-bond donors (Lipinski definition) is 1. The molecule has 0 atom stereocenters. The highest BCUT2D eigenvalue weighted by Crippen LogP contribution is 2.30. The van der Waals surface area contributed by atoms with Crippen molar-refractivity contribution in [1.82, 2.24) is 5.43 Å². The number of benzene rings is 3. The average molecular weight is 432 g/mol. The molecule has 0 saturated carbocycles. The Kier molecular flexibility index (Phi) is 5.67. The van der Waals surface area contributed by atoms with E-state index in [1.165, 1.54) is 43.5 Å². The Morgan fingerprint density at radius 1 is 0.969 bits per heavy atom. The molecule has 2 amide bonds. The number of amides is 2. The zero-order chi connectivity index (χ0) is 22.7. The Morgan fingerprint density at radius 2 is 1.69 bits per heavy atom. The largest absolute Gasteiger partial charge is 0.493 e. The number of ether oxygens (including phenoxy) is 2. The van der Waals surface area contributed by atoms with Crippen LogP contribution in [0, 0.1) is 5.82 Å². The highest BCUT2D eigenvalue weighted by molar-refractivity contribution is 6.31. The fourth-order valence-corrected chi connectivity index (χ4v) is 3.12. The summed E-state index contributed by atoms with van der Waals surface area (Å²) in [6, 6.07) is 18.6. The molecular weight excluding hydrogens is 415 g/mol. The maximum atomic E-state index is 13.8. The lowest BCUT2D eigenvalue weighted by Gasteiger charge is -2.13. The maximum absolute atomic E-state index is 13.8. The first-order chi connectivity index (χ1) is 15.5. The van der Waals surface area contributed by atoms with Crippen molar-refractivity contribution in [2.45, 2.75) is 0 Å². The average Bonchev–Trinajstić information content (AvgIpc) is 3.09. The monoisotopic (exact) mass is 432 g/mol. The number of carbonyl (C=O) groups is 3. The molecule has 0 bridgehead atoms. The molecule has 3 aromatic rings. The van der Waals surface area contributed by atoms with Gasteiger partial charge in [-0.25, -0.2) is 14.2 Å². The van der Waals surface area contributed by atoms with Gasteiger partial charge in [-0.15, -0.1) is 0 Å². The van der Waals surface area contributed by atoms with Gasteiger partial charge < -0.3 is 9.47 Å². The molecule has 1 heterocycles. The van der Waals surface area contributed by atoms with Crippen LogP contribution in [0.25, 0.3) is 6.08 Å². The van der Waals surface area contributed by atoms with Gasteiger partial charge in [0.2, 0.25) is 0 Å². The van der Waals surface area contributed by atoms with Gasteiger partial charge in [-0.2, -0.15) is 0 Å². The van der Waals surface area contributed by atoms with Crippen LogP contribution in [-0.2, 0) is 9.59 Å². The van der Waals surface area contributed by atoms with E-state index in [-0.39, 0.29) is 22.6 Å². The smallest absolute Gasteiger partial charge is 0.346 e. The molecule has 0 unspecified atom stereocenters. The number of rotatable bonds is 5. The van der Waals surface area contributed by atoms with Crippen molar-refractivity contribution in [1.29, 1.82) is 0 Å². The molecule has 7 nitrogen and oxygen atoms in total. The lowest BCUT2D eigenvalue weighted by Crippen LogP contribution is -2.35. The van der Waals surface area contributed by atoms with E-state index >= 15 is 0 Å². The normalized spacial score (nSPS) is 14.4. The van der Waals surface area contributed by atoms with Crippen LogP contribution in [0.5, 0.6) is 11.5 Å². The zero-order valence-corrected chi connectivity index (χ0v) is 16.9. The minimum atomic E-state index is -0.878. The summed E-state index contributed by atoms with van der Waals surface area (Å²) in [5.74, 6) is -2.39. The zero-order valence-electron chi connectivity index (χ0n) is 16.9. The lowest BCUT2D eigenvalue weighted by molar-refractivity contribution is -0.117. The number of carbonyl (C=O) groups excluding carboxylic acids is 3. The first-order valence-corrected chi connectivity index (χ1v) is 9.55. The van der Waals surface area contributed by atoms with E-state index in [9.17, 15) is 18.8 Å². The van der Waals surface area contributed by atoms with Gasteiger partial charge in [-0.3, -0.25) is 15.0 Å². The second-order valence-corrected chi connectivity index (χ2v) is 6.75. The minimum Gasteiger partial charge on any atom is -0.493 e. The van der Waals surface area contributed by atoms with Crippen LogP contribution in [0.15, 0.2) is 78.4 Å². The van der Waals surface area contributed by atoms with E-state index in [0.717, 1.165) is 11.1 Å². The van der Waals surface area contributed by atoms with Crippen LogP contribution in [0.1, 0.15) is 15.9 Å². The van der Waals surface area contributed by atoms with Gasteiger partial charge in [0.15, 0.2) is 11.5 Å². The molecule has 1 saturated heterocycles. The molecule has 0 aliphatic carbocycles. The summed E-state index contributed by atoms with van der Waals surface area (Å²) in [4.78, 5) is 37.4. The summed E-state index contributed by atoms with van der Waals surface area (Å²) in [6.07, 6.45) is 1.41. The predicted molar refractivity (Wildman–Crippen MR) is 114 cm³/mol. The second kappa shape index (κ2) is 8.73. The van der Waals surface area contributed by atoms with Crippen LogP contribution in [0.4, 0.5) is 10.1 Å². The third-order valence-electron chi connectivity index (χ3n) is 4.70. The van der Waals surface area contributed by atoms with Crippen LogP contribution in [0.3, 0.4) is 0 Å².